The smallest absolute Gasteiger partial charge is 0.265 e. The van der Waals surface area contributed by atoms with E-state index < -0.39 is 0 Å². The van der Waals surface area contributed by atoms with Gasteiger partial charge in [0.1, 0.15) is 10.6 Å². The SMILES string of the molecule is COc1cc(-c2ccccc2)sc1C(=O)NC(C)c1nnc2ccccn12. The Kier molecular flexibility index (Phi) is 4.60. The van der Waals surface area contributed by atoms with Gasteiger partial charge in [0, 0.05) is 11.1 Å². The van der Waals surface area contributed by atoms with Crippen LogP contribution in [0.4, 0.5) is 0 Å². The van der Waals surface area contributed by atoms with Crippen LogP contribution in [0.2, 0.25) is 0 Å². The Morgan fingerprint density at radius 1 is 1.15 bits per heavy atom. The van der Waals surface area contributed by atoms with E-state index in [0.717, 1.165) is 16.1 Å². The highest BCUT2D eigenvalue weighted by molar-refractivity contribution is 7.17. The van der Waals surface area contributed by atoms with Crippen LogP contribution in [-0.4, -0.2) is 27.6 Å². The van der Waals surface area contributed by atoms with Crippen molar-refractivity contribution >= 4 is 22.9 Å². The molecule has 0 spiro atoms. The van der Waals surface area contributed by atoms with Crippen LogP contribution in [0.15, 0.2) is 60.8 Å². The van der Waals surface area contributed by atoms with Gasteiger partial charge >= 0.3 is 0 Å². The second-order valence-electron chi connectivity index (χ2n) is 6.06. The molecule has 0 aliphatic rings. The molecule has 3 heterocycles. The van der Waals surface area contributed by atoms with Gasteiger partial charge in [0.25, 0.3) is 5.91 Å². The van der Waals surface area contributed by atoms with Crippen LogP contribution < -0.4 is 10.1 Å². The highest BCUT2D eigenvalue weighted by atomic mass is 32.1. The lowest BCUT2D eigenvalue weighted by atomic mass is 10.2. The van der Waals surface area contributed by atoms with Crippen LogP contribution in [-0.2, 0) is 0 Å². The molecule has 1 N–H and O–H groups in total. The largest absolute Gasteiger partial charge is 0.495 e. The summed E-state index contributed by atoms with van der Waals surface area (Å²) < 4.78 is 7.29. The number of aromatic nitrogens is 3. The van der Waals surface area contributed by atoms with E-state index in [9.17, 15) is 4.79 Å². The zero-order chi connectivity index (χ0) is 18.8. The fraction of sp³-hybridized carbons (Fsp3) is 0.150. The van der Waals surface area contributed by atoms with Gasteiger partial charge < -0.3 is 10.1 Å². The van der Waals surface area contributed by atoms with Crippen LogP contribution in [0.3, 0.4) is 0 Å². The predicted molar refractivity (Wildman–Crippen MR) is 105 cm³/mol. The number of methoxy groups -OCH3 is 1. The second kappa shape index (κ2) is 7.20. The minimum Gasteiger partial charge on any atom is -0.495 e. The lowest BCUT2D eigenvalue weighted by Gasteiger charge is -2.12. The van der Waals surface area contributed by atoms with E-state index >= 15 is 0 Å². The van der Waals surface area contributed by atoms with Gasteiger partial charge in [-0.05, 0) is 30.7 Å². The van der Waals surface area contributed by atoms with Gasteiger partial charge in [-0.1, -0.05) is 36.4 Å². The van der Waals surface area contributed by atoms with Crippen LogP contribution in [0, 0.1) is 0 Å². The molecular formula is C20H18N4O2S. The first-order valence-corrected chi connectivity index (χ1v) is 9.33. The highest BCUT2D eigenvalue weighted by Gasteiger charge is 2.22. The number of pyridine rings is 1. The number of benzene rings is 1. The van der Waals surface area contributed by atoms with E-state index in [0.29, 0.717) is 16.5 Å². The number of fused-ring (bicyclic) bond motifs is 1. The summed E-state index contributed by atoms with van der Waals surface area (Å²) in [5.41, 5.74) is 1.80. The normalized spacial score (nSPS) is 12.1. The number of hydrogen-bond donors (Lipinski definition) is 1. The van der Waals surface area contributed by atoms with Crippen molar-refractivity contribution in [3.63, 3.8) is 0 Å². The quantitative estimate of drug-likeness (QED) is 0.571. The summed E-state index contributed by atoms with van der Waals surface area (Å²) >= 11 is 1.41. The molecule has 0 saturated carbocycles. The zero-order valence-electron chi connectivity index (χ0n) is 14.9. The number of rotatable bonds is 5. The van der Waals surface area contributed by atoms with E-state index in [1.807, 2.05) is 72.1 Å². The number of nitrogens with one attached hydrogen (secondary N) is 1. The summed E-state index contributed by atoms with van der Waals surface area (Å²) in [4.78, 5) is 14.4. The summed E-state index contributed by atoms with van der Waals surface area (Å²) in [6, 6.07) is 17.2. The van der Waals surface area contributed by atoms with Crippen LogP contribution >= 0.6 is 11.3 Å². The molecule has 4 aromatic rings. The summed E-state index contributed by atoms with van der Waals surface area (Å²) in [5, 5.41) is 11.3. The average Bonchev–Trinajstić information content (AvgIpc) is 3.33. The van der Waals surface area contributed by atoms with Crippen molar-refractivity contribution in [1.29, 1.82) is 0 Å². The molecule has 4 rings (SSSR count). The first-order valence-electron chi connectivity index (χ1n) is 8.51. The lowest BCUT2D eigenvalue weighted by molar-refractivity contribution is 0.0939. The van der Waals surface area contributed by atoms with Gasteiger partial charge in [0.15, 0.2) is 11.5 Å². The molecule has 136 valence electrons. The first-order chi connectivity index (χ1) is 13.2. The number of carbonyl (C=O) groups excluding carboxylic acids is 1. The van der Waals surface area contributed by atoms with Crippen molar-refractivity contribution < 1.29 is 9.53 Å². The van der Waals surface area contributed by atoms with Gasteiger partial charge in [-0.25, -0.2) is 0 Å². The molecule has 0 radical (unpaired) electrons. The van der Waals surface area contributed by atoms with Crippen molar-refractivity contribution in [3.05, 3.63) is 71.5 Å². The second-order valence-corrected chi connectivity index (χ2v) is 7.11. The summed E-state index contributed by atoms with van der Waals surface area (Å²) in [7, 11) is 1.57. The molecule has 1 unspecified atom stereocenters. The summed E-state index contributed by atoms with van der Waals surface area (Å²) in [5.74, 6) is 1.05. The van der Waals surface area contributed by atoms with Gasteiger partial charge in [0.2, 0.25) is 0 Å². The van der Waals surface area contributed by atoms with Crippen LogP contribution in [0.1, 0.15) is 28.5 Å². The molecule has 7 heteroatoms. The Morgan fingerprint density at radius 3 is 2.70 bits per heavy atom. The lowest BCUT2D eigenvalue weighted by Crippen LogP contribution is -2.27. The Balaban J connectivity index is 1.60. The van der Waals surface area contributed by atoms with Crippen molar-refractivity contribution in [2.75, 3.05) is 7.11 Å². The van der Waals surface area contributed by atoms with Gasteiger partial charge in [-0.2, -0.15) is 0 Å². The molecule has 0 saturated heterocycles. The minimum atomic E-state index is -0.304. The van der Waals surface area contributed by atoms with E-state index in [1.54, 1.807) is 7.11 Å². The molecule has 0 aliphatic carbocycles. The zero-order valence-corrected chi connectivity index (χ0v) is 15.7. The maximum Gasteiger partial charge on any atom is 0.265 e. The molecule has 0 aliphatic heterocycles. The number of thiophene rings is 1. The first kappa shape index (κ1) is 17.2. The van der Waals surface area contributed by atoms with Crippen molar-refractivity contribution in [3.8, 4) is 16.2 Å². The van der Waals surface area contributed by atoms with E-state index in [1.165, 1.54) is 11.3 Å². The van der Waals surface area contributed by atoms with Crippen LogP contribution in [0.5, 0.6) is 5.75 Å². The predicted octanol–water partition coefficient (Wildman–Crippen LogP) is 3.96. The fourth-order valence-electron chi connectivity index (χ4n) is 2.91. The van der Waals surface area contributed by atoms with Crippen LogP contribution in [0.25, 0.3) is 16.1 Å². The maximum atomic E-state index is 12.9. The topological polar surface area (TPSA) is 68.5 Å². The Bertz CT molecular complexity index is 1090. The van der Waals surface area contributed by atoms with Gasteiger partial charge in [-0.15, -0.1) is 21.5 Å². The van der Waals surface area contributed by atoms with Crippen molar-refractivity contribution in [1.82, 2.24) is 19.9 Å². The highest BCUT2D eigenvalue weighted by Crippen LogP contribution is 2.36. The van der Waals surface area contributed by atoms with Crippen molar-refractivity contribution in [2.24, 2.45) is 0 Å². The molecule has 3 aromatic heterocycles. The molecule has 0 bridgehead atoms. The maximum absolute atomic E-state index is 12.9. The number of carbonyl (C=O) groups is 1. The summed E-state index contributed by atoms with van der Waals surface area (Å²) in [6.07, 6.45) is 1.88. The molecule has 1 amide bonds. The van der Waals surface area contributed by atoms with Crippen molar-refractivity contribution in [2.45, 2.75) is 13.0 Å². The monoisotopic (exact) mass is 378 g/mol. The number of ether oxygens (including phenoxy) is 1. The molecule has 0 fully saturated rings. The molecular weight excluding hydrogens is 360 g/mol. The fourth-order valence-corrected chi connectivity index (χ4v) is 3.95. The third kappa shape index (κ3) is 3.29. The molecule has 1 aromatic carbocycles. The standard InChI is InChI=1S/C20H18N4O2S/c1-13(19-23-22-17-10-6-7-11-24(17)19)21-20(25)18-15(26-2)12-16(27-18)14-8-4-3-5-9-14/h3-13H,1-2H3,(H,21,25). The number of nitrogens with zero attached hydrogens (tertiary/aromatic N) is 3. The molecule has 1 atom stereocenters. The van der Waals surface area contributed by atoms with Gasteiger partial charge in [0.05, 0.1) is 13.2 Å². The third-order valence-electron chi connectivity index (χ3n) is 4.26. The number of amides is 1. The number of hydrogen-bond acceptors (Lipinski definition) is 5. The van der Waals surface area contributed by atoms with E-state index in [2.05, 4.69) is 15.5 Å². The Hall–Kier alpha value is -3.19. The average molecular weight is 378 g/mol. The van der Waals surface area contributed by atoms with E-state index in [4.69, 9.17) is 4.74 Å². The molecule has 6 nitrogen and oxygen atoms in total. The van der Waals surface area contributed by atoms with E-state index in [-0.39, 0.29) is 11.9 Å². The summed E-state index contributed by atoms with van der Waals surface area (Å²) in [6.45, 7) is 1.89. The third-order valence-corrected chi connectivity index (χ3v) is 5.42. The Morgan fingerprint density at radius 2 is 1.93 bits per heavy atom. The minimum absolute atomic E-state index is 0.195. The molecule has 27 heavy (non-hydrogen) atoms. The Labute approximate surface area is 160 Å². The van der Waals surface area contributed by atoms with Gasteiger partial charge in [-0.3, -0.25) is 9.20 Å².